The zero-order valence-corrected chi connectivity index (χ0v) is 7.52. The molecule has 1 heterocycles. The van der Waals surface area contributed by atoms with Crippen LogP contribution in [0.5, 0.6) is 0 Å². The van der Waals surface area contributed by atoms with Gasteiger partial charge in [0.2, 0.25) is 0 Å². The SMILES string of the molecule is CCc1cncc(C)c1CC. The third-order valence-electron chi connectivity index (χ3n) is 2.10. The van der Waals surface area contributed by atoms with Crippen molar-refractivity contribution in [3.8, 4) is 0 Å². The van der Waals surface area contributed by atoms with Crippen LogP contribution in [0.1, 0.15) is 30.5 Å². The van der Waals surface area contributed by atoms with Crippen molar-refractivity contribution in [1.29, 1.82) is 0 Å². The lowest BCUT2D eigenvalue weighted by molar-refractivity contribution is 0.990. The van der Waals surface area contributed by atoms with Gasteiger partial charge >= 0.3 is 0 Å². The normalized spacial score (nSPS) is 10.1. The molecule has 0 fully saturated rings. The smallest absolute Gasteiger partial charge is 0.0302 e. The van der Waals surface area contributed by atoms with Crippen LogP contribution in [-0.4, -0.2) is 4.98 Å². The quantitative estimate of drug-likeness (QED) is 0.629. The van der Waals surface area contributed by atoms with Crippen LogP contribution in [0.2, 0.25) is 0 Å². The fourth-order valence-corrected chi connectivity index (χ4v) is 1.46. The molecule has 0 aromatic carbocycles. The summed E-state index contributed by atoms with van der Waals surface area (Å²) in [5, 5.41) is 0. The molecule has 0 radical (unpaired) electrons. The topological polar surface area (TPSA) is 12.9 Å². The minimum atomic E-state index is 1.10. The van der Waals surface area contributed by atoms with Crippen LogP contribution >= 0.6 is 0 Å². The van der Waals surface area contributed by atoms with Crippen molar-refractivity contribution >= 4 is 0 Å². The summed E-state index contributed by atoms with van der Waals surface area (Å²) in [4.78, 5) is 4.16. The van der Waals surface area contributed by atoms with E-state index in [1.807, 2.05) is 12.4 Å². The monoisotopic (exact) mass is 149 g/mol. The van der Waals surface area contributed by atoms with Crippen molar-refractivity contribution in [1.82, 2.24) is 4.98 Å². The highest BCUT2D eigenvalue weighted by atomic mass is 14.6. The molecule has 0 saturated carbocycles. The van der Waals surface area contributed by atoms with Crippen molar-refractivity contribution in [3.63, 3.8) is 0 Å². The van der Waals surface area contributed by atoms with Gasteiger partial charge in [0.05, 0.1) is 0 Å². The van der Waals surface area contributed by atoms with Gasteiger partial charge in [-0.15, -0.1) is 0 Å². The van der Waals surface area contributed by atoms with Crippen LogP contribution in [-0.2, 0) is 12.8 Å². The average Bonchev–Trinajstić information content (AvgIpc) is 2.04. The summed E-state index contributed by atoms with van der Waals surface area (Å²) >= 11 is 0. The minimum Gasteiger partial charge on any atom is -0.264 e. The maximum atomic E-state index is 4.16. The minimum absolute atomic E-state index is 1.10. The summed E-state index contributed by atoms with van der Waals surface area (Å²) in [6, 6.07) is 0. The third-order valence-corrected chi connectivity index (χ3v) is 2.10. The number of aryl methyl sites for hydroxylation is 2. The first-order chi connectivity index (χ1) is 5.29. The molecule has 0 aliphatic rings. The Labute approximate surface area is 68.5 Å². The Morgan fingerprint density at radius 2 is 1.91 bits per heavy atom. The summed E-state index contributed by atoms with van der Waals surface area (Å²) in [5.74, 6) is 0. The van der Waals surface area contributed by atoms with Crippen LogP contribution in [0, 0.1) is 6.92 Å². The lowest BCUT2D eigenvalue weighted by Crippen LogP contribution is -1.95. The zero-order valence-electron chi connectivity index (χ0n) is 7.52. The summed E-state index contributed by atoms with van der Waals surface area (Å²) in [6.45, 7) is 6.50. The zero-order chi connectivity index (χ0) is 8.27. The number of nitrogens with zero attached hydrogens (tertiary/aromatic N) is 1. The van der Waals surface area contributed by atoms with Gasteiger partial charge in [-0.25, -0.2) is 0 Å². The Kier molecular flexibility index (Phi) is 2.64. The van der Waals surface area contributed by atoms with Crippen molar-refractivity contribution in [3.05, 3.63) is 29.1 Å². The second-order valence-corrected chi connectivity index (χ2v) is 2.80. The van der Waals surface area contributed by atoms with E-state index in [9.17, 15) is 0 Å². The Morgan fingerprint density at radius 3 is 2.36 bits per heavy atom. The van der Waals surface area contributed by atoms with Gasteiger partial charge in [0.15, 0.2) is 0 Å². The molecule has 1 aromatic heterocycles. The number of pyridine rings is 1. The lowest BCUT2D eigenvalue weighted by atomic mass is 10.0. The fraction of sp³-hybridized carbons (Fsp3) is 0.500. The number of rotatable bonds is 2. The Hall–Kier alpha value is -0.850. The molecule has 0 unspecified atom stereocenters. The van der Waals surface area contributed by atoms with E-state index in [4.69, 9.17) is 0 Å². The van der Waals surface area contributed by atoms with E-state index in [0.29, 0.717) is 0 Å². The van der Waals surface area contributed by atoms with Crippen molar-refractivity contribution in [2.24, 2.45) is 0 Å². The van der Waals surface area contributed by atoms with Gasteiger partial charge in [-0.1, -0.05) is 13.8 Å². The molecular weight excluding hydrogens is 134 g/mol. The van der Waals surface area contributed by atoms with Crippen molar-refractivity contribution in [2.75, 3.05) is 0 Å². The first-order valence-electron chi connectivity index (χ1n) is 4.22. The number of hydrogen-bond donors (Lipinski definition) is 0. The van der Waals surface area contributed by atoms with E-state index in [1.54, 1.807) is 0 Å². The van der Waals surface area contributed by atoms with Gasteiger partial charge in [-0.3, -0.25) is 4.98 Å². The van der Waals surface area contributed by atoms with Crippen molar-refractivity contribution in [2.45, 2.75) is 33.6 Å². The molecule has 1 rings (SSSR count). The van der Waals surface area contributed by atoms with E-state index >= 15 is 0 Å². The molecule has 11 heavy (non-hydrogen) atoms. The molecule has 0 saturated heterocycles. The summed E-state index contributed by atoms with van der Waals surface area (Å²) in [5.41, 5.74) is 4.20. The maximum absolute atomic E-state index is 4.16. The molecule has 1 nitrogen and oxygen atoms in total. The number of aromatic nitrogens is 1. The van der Waals surface area contributed by atoms with E-state index in [1.165, 1.54) is 16.7 Å². The van der Waals surface area contributed by atoms with Gasteiger partial charge in [-0.2, -0.15) is 0 Å². The summed E-state index contributed by atoms with van der Waals surface area (Å²) < 4.78 is 0. The second-order valence-electron chi connectivity index (χ2n) is 2.80. The van der Waals surface area contributed by atoms with Gasteiger partial charge in [0, 0.05) is 12.4 Å². The maximum Gasteiger partial charge on any atom is 0.0302 e. The molecule has 0 amide bonds. The van der Waals surface area contributed by atoms with Gasteiger partial charge < -0.3 is 0 Å². The third kappa shape index (κ3) is 1.59. The highest BCUT2D eigenvalue weighted by molar-refractivity contribution is 5.30. The molecule has 0 bridgehead atoms. The molecule has 0 aliphatic heterocycles. The molecule has 0 spiro atoms. The Balaban J connectivity index is 3.13. The van der Waals surface area contributed by atoms with E-state index in [2.05, 4.69) is 25.8 Å². The van der Waals surface area contributed by atoms with Gasteiger partial charge in [-0.05, 0) is 36.5 Å². The summed E-state index contributed by atoms with van der Waals surface area (Å²) in [7, 11) is 0. The predicted molar refractivity (Wildman–Crippen MR) is 47.7 cm³/mol. The molecule has 0 atom stereocenters. The first kappa shape index (κ1) is 8.25. The van der Waals surface area contributed by atoms with E-state index < -0.39 is 0 Å². The highest BCUT2D eigenvalue weighted by Gasteiger charge is 2.00. The highest BCUT2D eigenvalue weighted by Crippen LogP contribution is 2.13. The standard InChI is InChI=1S/C10H15N/c1-4-9-7-11-6-8(3)10(9)5-2/h6-7H,4-5H2,1-3H3. The summed E-state index contributed by atoms with van der Waals surface area (Å²) in [6.07, 6.45) is 6.14. The lowest BCUT2D eigenvalue weighted by Gasteiger charge is -2.06. The van der Waals surface area contributed by atoms with Gasteiger partial charge in [0.1, 0.15) is 0 Å². The fourth-order valence-electron chi connectivity index (χ4n) is 1.46. The van der Waals surface area contributed by atoms with Crippen LogP contribution in [0.25, 0.3) is 0 Å². The van der Waals surface area contributed by atoms with Crippen molar-refractivity contribution < 1.29 is 0 Å². The van der Waals surface area contributed by atoms with E-state index in [-0.39, 0.29) is 0 Å². The largest absolute Gasteiger partial charge is 0.264 e. The number of hydrogen-bond acceptors (Lipinski definition) is 1. The first-order valence-corrected chi connectivity index (χ1v) is 4.22. The Morgan fingerprint density at radius 1 is 1.18 bits per heavy atom. The predicted octanol–water partition coefficient (Wildman–Crippen LogP) is 2.51. The average molecular weight is 149 g/mol. The molecular formula is C10H15N. The van der Waals surface area contributed by atoms with Crippen LogP contribution in [0.4, 0.5) is 0 Å². The van der Waals surface area contributed by atoms with Crippen LogP contribution in [0.3, 0.4) is 0 Å². The molecule has 60 valence electrons. The molecule has 0 N–H and O–H groups in total. The van der Waals surface area contributed by atoms with Crippen LogP contribution < -0.4 is 0 Å². The van der Waals surface area contributed by atoms with Gasteiger partial charge in [0.25, 0.3) is 0 Å². The molecule has 1 aromatic rings. The Bertz CT molecular complexity index is 241. The molecule has 0 aliphatic carbocycles. The van der Waals surface area contributed by atoms with Crippen LogP contribution in [0.15, 0.2) is 12.4 Å². The second kappa shape index (κ2) is 3.51. The van der Waals surface area contributed by atoms with E-state index in [0.717, 1.165) is 12.8 Å². The molecule has 1 heteroatoms.